The van der Waals surface area contributed by atoms with Crippen LogP contribution in [0.4, 0.5) is 0 Å². The molecule has 170 valence electrons. The minimum atomic E-state index is -0.251. The van der Waals surface area contributed by atoms with Crippen molar-refractivity contribution in [3.05, 3.63) is 64.0 Å². The SMILES string of the molecule is Cc1ccc(CNC(=O)c2cn(CCCCc3cc4c(Cl)c(C5CC5)[nH]c4nn3)nn2)cn1. The Morgan fingerprint density at radius 2 is 2.12 bits per heavy atom. The lowest BCUT2D eigenvalue weighted by Gasteiger charge is -2.03. The molecule has 1 aliphatic carbocycles. The zero-order chi connectivity index (χ0) is 22.8. The van der Waals surface area contributed by atoms with E-state index in [1.54, 1.807) is 17.1 Å². The van der Waals surface area contributed by atoms with Crippen molar-refractivity contribution in [3.63, 3.8) is 0 Å². The molecule has 0 radical (unpaired) electrons. The summed E-state index contributed by atoms with van der Waals surface area (Å²) in [5, 5.41) is 21.3. The van der Waals surface area contributed by atoms with Gasteiger partial charge in [-0.1, -0.05) is 22.9 Å². The highest BCUT2D eigenvalue weighted by atomic mass is 35.5. The summed E-state index contributed by atoms with van der Waals surface area (Å²) in [5.74, 6) is 0.295. The van der Waals surface area contributed by atoms with Crippen LogP contribution < -0.4 is 5.32 Å². The molecule has 0 aromatic carbocycles. The fourth-order valence-corrected chi connectivity index (χ4v) is 4.11. The number of aryl methyl sites for hydroxylation is 3. The van der Waals surface area contributed by atoms with E-state index < -0.39 is 0 Å². The molecule has 1 saturated carbocycles. The molecule has 1 aliphatic rings. The number of amides is 1. The Morgan fingerprint density at radius 1 is 1.24 bits per heavy atom. The van der Waals surface area contributed by atoms with Crippen molar-refractivity contribution in [1.82, 2.24) is 40.5 Å². The first-order valence-electron chi connectivity index (χ1n) is 11.2. The van der Waals surface area contributed by atoms with Gasteiger partial charge in [0.2, 0.25) is 0 Å². The van der Waals surface area contributed by atoms with E-state index in [-0.39, 0.29) is 5.91 Å². The number of carbonyl (C=O) groups is 1. The molecular formula is C23H25ClN8O. The van der Waals surface area contributed by atoms with Crippen molar-refractivity contribution in [2.45, 2.75) is 58.0 Å². The molecule has 4 aromatic rings. The molecule has 2 N–H and O–H groups in total. The minimum Gasteiger partial charge on any atom is -0.346 e. The van der Waals surface area contributed by atoms with Crippen LogP contribution in [0.5, 0.6) is 0 Å². The molecule has 4 heterocycles. The number of aromatic nitrogens is 7. The largest absolute Gasteiger partial charge is 0.346 e. The van der Waals surface area contributed by atoms with Crippen molar-refractivity contribution >= 4 is 28.5 Å². The van der Waals surface area contributed by atoms with E-state index in [1.807, 2.05) is 25.1 Å². The summed E-state index contributed by atoms with van der Waals surface area (Å²) in [4.78, 5) is 19.9. The van der Waals surface area contributed by atoms with E-state index in [1.165, 1.54) is 12.8 Å². The van der Waals surface area contributed by atoms with Crippen molar-refractivity contribution in [1.29, 1.82) is 0 Å². The Hall–Kier alpha value is -3.33. The number of halogens is 1. The van der Waals surface area contributed by atoms with E-state index in [0.29, 0.717) is 24.7 Å². The number of carbonyl (C=O) groups excluding carboxylic acids is 1. The standard InChI is InChI=1S/C23H25ClN8O/c1-14-5-6-15(11-25-14)12-26-23(33)19-13-32(31-29-19)9-3-2-4-17-10-18-20(24)21(16-7-8-16)27-22(18)30-28-17/h5-6,10-11,13,16H,2-4,7-9,12H2,1H3,(H,26,33)(H,27,30). The maximum Gasteiger partial charge on any atom is 0.273 e. The average Bonchev–Trinajstić information content (AvgIpc) is 3.47. The minimum absolute atomic E-state index is 0.251. The third-order valence-electron chi connectivity index (χ3n) is 5.82. The monoisotopic (exact) mass is 464 g/mol. The second-order valence-corrected chi connectivity index (χ2v) is 8.92. The molecule has 9 nitrogen and oxygen atoms in total. The molecule has 10 heteroatoms. The Bertz CT molecular complexity index is 1280. The molecule has 33 heavy (non-hydrogen) atoms. The summed E-state index contributed by atoms with van der Waals surface area (Å²) >= 11 is 6.54. The zero-order valence-corrected chi connectivity index (χ0v) is 19.1. The third-order valence-corrected chi connectivity index (χ3v) is 6.23. The normalized spacial score (nSPS) is 13.5. The van der Waals surface area contributed by atoms with Gasteiger partial charge in [-0.2, -0.15) is 5.10 Å². The fraction of sp³-hybridized carbons (Fsp3) is 0.391. The summed E-state index contributed by atoms with van der Waals surface area (Å²) in [6.45, 7) is 3.00. The first kappa shape index (κ1) is 21.5. The van der Waals surface area contributed by atoms with Gasteiger partial charge >= 0.3 is 0 Å². The van der Waals surface area contributed by atoms with Gasteiger partial charge in [0.1, 0.15) is 0 Å². The Balaban J connectivity index is 1.09. The molecule has 1 amide bonds. The number of pyridine rings is 1. The van der Waals surface area contributed by atoms with Gasteiger partial charge in [-0.25, -0.2) is 0 Å². The quantitative estimate of drug-likeness (QED) is 0.365. The maximum atomic E-state index is 12.3. The Morgan fingerprint density at radius 3 is 2.91 bits per heavy atom. The number of H-pyrrole nitrogens is 1. The van der Waals surface area contributed by atoms with Crippen LogP contribution in [-0.2, 0) is 19.5 Å². The van der Waals surface area contributed by atoms with E-state index in [9.17, 15) is 4.79 Å². The molecule has 0 unspecified atom stereocenters. The highest BCUT2D eigenvalue weighted by molar-refractivity contribution is 6.36. The number of nitrogens with zero attached hydrogens (tertiary/aromatic N) is 6. The predicted molar refractivity (Wildman–Crippen MR) is 124 cm³/mol. The van der Waals surface area contributed by atoms with Gasteiger partial charge in [0.05, 0.1) is 16.9 Å². The van der Waals surface area contributed by atoms with E-state index >= 15 is 0 Å². The first-order chi connectivity index (χ1) is 16.1. The van der Waals surface area contributed by atoms with Crippen LogP contribution in [0.1, 0.15) is 64.7 Å². The lowest BCUT2D eigenvalue weighted by atomic mass is 10.1. The van der Waals surface area contributed by atoms with Gasteiger partial charge in [-0.05, 0) is 56.7 Å². The van der Waals surface area contributed by atoms with Crippen molar-refractivity contribution in [2.24, 2.45) is 0 Å². The van der Waals surface area contributed by atoms with E-state index in [0.717, 1.165) is 58.0 Å². The van der Waals surface area contributed by atoms with Gasteiger partial charge in [0, 0.05) is 42.0 Å². The van der Waals surface area contributed by atoms with Crippen molar-refractivity contribution in [2.75, 3.05) is 0 Å². The molecule has 0 bridgehead atoms. The van der Waals surface area contributed by atoms with Crippen LogP contribution in [0.2, 0.25) is 5.02 Å². The van der Waals surface area contributed by atoms with Crippen molar-refractivity contribution in [3.8, 4) is 0 Å². The summed E-state index contributed by atoms with van der Waals surface area (Å²) in [7, 11) is 0. The van der Waals surface area contributed by atoms with Gasteiger partial charge in [0.15, 0.2) is 11.3 Å². The number of hydrogen-bond acceptors (Lipinski definition) is 6. The number of hydrogen-bond donors (Lipinski definition) is 2. The molecule has 4 aromatic heterocycles. The summed E-state index contributed by atoms with van der Waals surface area (Å²) < 4.78 is 1.70. The molecule has 1 fully saturated rings. The number of nitrogens with one attached hydrogen (secondary N) is 2. The van der Waals surface area contributed by atoms with Gasteiger partial charge in [0.25, 0.3) is 5.91 Å². The maximum absolute atomic E-state index is 12.3. The number of aromatic amines is 1. The third kappa shape index (κ3) is 5.03. The summed E-state index contributed by atoms with van der Waals surface area (Å²) in [6, 6.07) is 5.89. The molecule has 5 rings (SSSR count). The molecular weight excluding hydrogens is 440 g/mol. The van der Waals surface area contributed by atoms with Crippen LogP contribution in [0.25, 0.3) is 11.0 Å². The van der Waals surface area contributed by atoms with E-state index in [4.69, 9.17) is 11.6 Å². The predicted octanol–water partition coefficient (Wildman–Crippen LogP) is 3.74. The summed E-state index contributed by atoms with van der Waals surface area (Å²) in [5.41, 5.74) is 4.97. The molecule has 0 spiro atoms. The molecule has 0 atom stereocenters. The second-order valence-electron chi connectivity index (χ2n) is 8.54. The van der Waals surface area contributed by atoms with Crippen LogP contribution in [0, 0.1) is 6.92 Å². The Kier molecular flexibility index (Phi) is 6.04. The highest BCUT2D eigenvalue weighted by Crippen LogP contribution is 2.44. The average molecular weight is 465 g/mol. The summed E-state index contributed by atoms with van der Waals surface area (Å²) in [6.07, 6.45) is 8.40. The number of fused-ring (bicyclic) bond motifs is 1. The fourth-order valence-electron chi connectivity index (χ4n) is 3.76. The van der Waals surface area contributed by atoms with Crippen molar-refractivity contribution < 1.29 is 4.79 Å². The first-order valence-corrected chi connectivity index (χ1v) is 11.6. The molecule has 0 saturated heterocycles. The van der Waals surface area contributed by atoms with Gasteiger partial charge < -0.3 is 10.3 Å². The number of rotatable bonds is 9. The topological polar surface area (TPSA) is 114 Å². The van der Waals surface area contributed by atoms with Crippen LogP contribution >= 0.6 is 11.6 Å². The Labute approximate surface area is 196 Å². The lowest BCUT2D eigenvalue weighted by molar-refractivity contribution is 0.0946. The van der Waals surface area contributed by atoms with Gasteiger partial charge in [-0.3, -0.25) is 14.5 Å². The van der Waals surface area contributed by atoms with Crippen LogP contribution in [0.15, 0.2) is 30.6 Å². The van der Waals surface area contributed by atoms with Crippen LogP contribution in [0.3, 0.4) is 0 Å². The zero-order valence-electron chi connectivity index (χ0n) is 18.4. The molecule has 0 aliphatic heterocycles. The number of unbranched alkanes of at least 4 members (excludes halogenated alkanes) is 1. The second kappa shape index (κ2) is 9.27. The van der Waals surface area contributed by atoms with Crippen LogP contribution in [-0.4, -0.2) is 41.1 Å². The highest BCUT2D eigenvalue weighted by Gasteiger charge is 2.28. The lowest BCUT2D eigenvalue weighted by Crippen LogP contribution is -2.23. The van der Waals surface area contributed by atoms with E-state index in [2.05, 4.69) is 35.8 Å². The van der Waals surface area contributed by atoms with Gasteiger partial charge in [-0.15, -0.1) is 10.2 Å². The smallest absolute Gasteiger partial charge is 0.273 e.